The third-order valence-electron chi connectivity index (χ3n) is 3.22. The lowest BCUT2D eigenvalue weighted by molar-refractivity contribution is 0.0693. The van der Waals surface area contributed by atoms with Crippen molar-refractivity contribution in [3.63, 3.8) is 0 Å². The molecule has 1 aromatic carbocycles. The molecule has 116 valence electrons. The van der Waals surface area contributed by atoms with Gasteiger partial charge in [0.05, 0.1) is 4.90 Å². The number of hydrogen-bond acceptors (Lipinski definition) is 5. The molecule has 0 atom stereocenters. The molecule has 2 rings (SSSR count). The van der Waals surface area contributed by atoms with E-state index in [2.05, 4.69) is 4.72 Å². The van der Waals surface area contributed by atoms with Crippen LogP contribution in [0.1, 0.15) is 23.2 Å². The van der Waals surface area contributed by atoms with E-state index in [1.165, 1.54) is 0 Å². The number of nitrogens with one attached hydrogen (secondary N) is 1. The molecule has 0 saturated carbocycles. The van der Waals surface area contributed by atoms with E-state index < -0.39 is 38.1 Å². The van der Waals surface area contributed by atoms with Crippen LogP contribution >= 0.6 is 0 Å². The van der Waals surface area contributed by atoms with Gasteiger partial charge in [-0.15, -0.1) is 0 Å². The van der Waals surface area contributed by atoms with Crippen LogP contribution in [-0.4, -0.2) is 46.4 Å². The molecule has 1 aromatic rings. The first-order valence-electron chi connectivity index (χ1n) is 6.23. The highest BCUT2D eigenvalue weighted by atomic mass is 32.2. The third kappa shape index (κ3) is 3.80. The molecule has 1 aliphatic heterocycles. The highest BCUT2D eigenvalue weighted by Crippen LogP contribution is 2.22. The molecule has 1 fully saturated rings. The van der Waals surface area contributed by atoms with E-state index in [-0.39, 0.29) is 10.9 Å². The van der Waals surface area contributed by atoms with Crippen LogP contribution in [0.2, 0.25) is 0 Å². The van der Waals surface area contributed by atoms with Crippen molar-refractivity contribution in [1.82, 2.24) is 4.72 Å². The zero-order valence-corrected chi connectivity index (χ0v) is 12.6. The SMILES string of the molecule is O=C(O)c1cc(S(=O)(=O)NC2CCS(=O)CC2)ccc1O. The third-order valence-corrected chi connectivity index (χ3v) is 6.12. The lowest BCUT2D eigenvalue weighted by Crippen LogP contribution is -2.39. The summed E-state index contributed by atoms with van der Waals surface area (Å²) in [6.07, 6.45) is 0.964. The average molecular weight is 333 g/mol. The number of benzene rings is 1. The Morgan fingerprint density at radius 1 is 1.29 bits per heavy atom. The maximum absolute atomic E-state index is 12.2. The van der Waals surface area contributed by atoms with E-state index in [1.54, 1.807) is 0 Å². The standard InChI is InChI=1S/C12H15NO6S2/c14-11-2-1-9(7-10(11)12(15)16)21(18,19)13-8-3-5-20(17)6-4-8/h1-2,7-8,13-14H,3-6H2,(H,15,16). The Balaban J connectivity index is 2.21. The van der Waals surface area contributed by atoms with Crippen LogP contribution in [-0.2, 0) is 20.8 Å². The fraction of sp³-hybridized carbons (Fsp3) is 0.417. The molecule has 0 aromatic heterocycles. The summed E-state index contributed by atoms with van der Waals surface area (Å²) in [4.78, 5) is 10.7. The Hall–Kier alpha value is -1.45. The van der Waals surface area contributed by atoms with Crippen LogP contribution in [0.4, 0.5) is 0 Å². The molecule has 21 heavy (non-hydrogen) atoms. The van der Waals surface area contributed by atoms with Crippen LogP contribution in [0.3, 0.4) is 0 Å². The molecule has 0 bridgehead atoms. The maximum atomic E-state index is 12.2. The van der Waals surface area contributed by atoms with Crippen molar-refractivity contribution in [3.05, 3.63) is 23.8 Å². The predicted octanol–water partition coefficient (Wildman–Crippen LogP) is 0.280. The van der Waals surface area contributed by atoms with Gasteiger partial charge in [-0.3, -0.25) is 4.21 Å². The molecule has 0 radical (unpaired) electrons. The van der Waals surface area contributed by atoms with Crippen molar-refractivity contribution in [2.45, 2.75) is 23.8 Å². The number of aromatic carboxylic acids is 1. The molecule has 0 spiro atoms. The number of rotatable bonds is 4. The van der Waals surface area contributed by atoms with Crippen LogP contribution in [0.25, 0.3) is 0 Å². The number of sulfonamides is 1. The smallest absolute Gasteiger partial charge is 0.339 e. The van der Waals surface area contributed by atoms with E-state index in [1.807, 2.05) is 0 Å². The van der Waals surface area contributed by atoms with E-state index in [0.29, 0.717) is 24.3 Å². The molecule has 9 heteroatoms. The van der Waals surface area contributed by atoms with E-state index in [0.717, 1.165) is 18.2 Å². The summed E-state index contributed by atoms with van der Waals surface area (Å²) in [6.45, 7) is 0. The summed E-state index contributed by atoms with van der Waals surface area (Å²) in [5, 5.41) is 18.3. The van der Waals surface area contributed by atoms with Crippen molar-refractivity contribution in [2.75, 3.05) is 11.5 Å². The molecule has 0 unspecified atom stereocenters. The monoisotopic (exact) mass is 333 g/mol. The maximum Gasteiger partial charge on any atom is 0.339 e. The second-order valence-corrected chi connectivity index (χ2v) is 8.14. The molecule has 3 N–H and O–H groups in total. The van der Waals surface area contributed by atoms with Gasteiger partial charge in [-0.05, 0) is 31.0 Å². The molecule has 0 amide bonds. The first-order valence-corrected chi connectivity index (χ1v) is 9.20. The van der Waals surface area contributed by atoms with E-state index >= 15 is 0 Å². The topological polar surface area (TPSA) is 121 Å². The highest BCUT2D eigenvalue weighted by molar-refractivity contribution is 7.89. The largest absolute Gasteiger partial charge is 0.507 e. The van der Waals surface area contributed by atoms with Crippen molar-refractivity contribution in [2.24, 2.45) is 0 Å². The van der Waals surface area contributed by atoms with Gasteiger partial charge >= 0.3 is 5.97 Å². The minimum absolute atomic E-state index is 0.218. The number of carboxylic acid groups (broad SMARTS) is 1. The van der Waals surface area contributed by atoms with Gasteiger partial charge in [-0.2, -0.15) is 0 Å². The number of aromatic hydroxyl groups is 1. The number of hydrogen-bond donors (Lipinski definition) is 3. The van der Waals surface area contributed by atoms with Crippen LogP contribution in [0.5, 0.6) is 5.75 Å². The summed E-state index contributed by atoms with van der Waals surface area (Å²) >= 11 is 0. The van der Waals surface area contributed by atoms with Crippen LogP contribution < -0.4 is 4.72 Å². The first kappa shape index (κ1) is 15.9. The van der Waals surface area contributed by atoms with Crippen molar-refractivity contribution < 1.29 is 27.6 Å². The number of carboxylic acids is 1. The van der Waals surface area contributed by atoms with Gasteiger partial charge in [0.15, 0.2) is 0 Å². The summed E-state index contributed by atoms with van der Waals surface area (Å²) in [6, 6.07) is 2.79. The van der Waals surface area contributed by atoms with Gasteiger partial charge in [0.2, 0.25) is 10.0 Å². The van der Waals surface area contributed by atoms with Gasteiger partial charge < -0.3 is 10.2 Å². The summed E-state index contributed by atoms with van der Waals surface area (Å²) < 4.78 is 38.1. The molecule has 1 saturated heterocycles. The Morgan fingerprint density at radius 3 is 2.48 bits per heavy atom. The first-order chi connectivity index (χ1) is 9.79. The van der Waals surface area contributed by atoms with Crippen molar-refractivity contribution in [3.8, 4) is 5.75 Å². The molecule has 7 nitrogen and oxygen atoms in total. The Bertz CT molecular complexity index is 675. The minimum Gasteiger partial charge on any atom is -0.507 e. The summed E-state index contributed by atoms with van der Waals surface area (Å²) in [7, 11) is -4.77. The molecular weight excluding hydrogens is 318 g/mol. The van der Waals surface area contributed by atoms with Gasteiger partial charge in [-0.1, -0.05) is 0 Å². The van der Waals surface area contributed by atoms with Crippen molar-refractivity contribution >= 4 is 26.8 Å². The van der Waals surface area contributed by atoms with Gasteiger partial charge in [0.1, 0.15) is 11.3 Å². The van der Waals surface area contributed by atoms with Crippen LogP contribution in [0.15, 0.2) is 23.1 Å². The number of phenols is 1. The Morgan fingerprint density at radius 2 is 1.90 bits per heavy atom. The average Bonchev–Trinajstić information content (AvgIpc) is 2.41. The quantitative estimate of drug-likeness (QED) is 0.728. The molecular formula is C12H15NO6S2. The molecule has 1 heterocycles. The fourth-order valence-corrected chi connectivity index (χ4v) is 4.68. The van der Waals surface area contributed by atoms with E-state index in [4.69, 9.17) is 5.11 Å². The Labute approximate surface area is 124 Å². The fourth-order valence-electron chi connectivity index (χ4n) is 2.05. The second-order valence-electron chi connectivity index (χ2n) is 4.73. The van der Waals surface area contributed by atoms with Gasteiger partial charge in [0, 0.05) is 28.3 Å². The van der Waals surface area contributed by atoms with Gasteiger partial charge in [-0.25, -0.2) is 17.9 Å². The highest BCUT2D eigenvalue weighted by Gasteiger charge is 2.25. The van der Waals surface area contributed by atoms with Crippen LogP contribution in [0, 0.1) is 0 Å². The zero-order chi connectivity index (χ0) is 15.6. The summed E-state index contributed by atoms with van der Waals surface area (Å²) in [5.41, 5.74) is -0.470. The zero-order valence-electron chi connectivity index (χ0n) is 11.0. The Kier molecular flexibility index (Phi) is 4.64. The second kappa shape index (κ2) is 6.12. The lowest BCUT2D eigenvalue weighted by Gasteiger charge is -2.22. The molecule has 0 aliphatic carbocycles. The minimum atomic E-state index is -3.87. The normalized spacial score (nSPS) is 22.9. The predicted molar refractivity (Wildman–Crippen MR) is 76.3 cm³/mol. The lowest BCUT2D eigenvalue weighted by atomic mass is 10.2. The summed E-state index contributed by atoms with van der Waals surface area (Å²) in [5.74, 6) is -1.00. The van der Waals surface area contributed by atoms with Crippen molar-refractivity contribution in [1.29, 1.82) is 0 Å². The van der Waals surface area contributed by atoms with E-state index in [9.17, 15) is 22.5 Å². The van der Waals surface area contributed by atoms with Gasteiger partial charge in [0.25, 0.3) is 0 Å². The number of carbonyl (C=O) groups is 1. The molecule has 1 aliphatic rings.